The fourth-order valence-corrected chi connectivity index (χ4v) is 5.44. The smallest absolute Gasteiger partial charge is 0.219 e. The molecule has 0 aliphatic heterocycles. The van der Waals surface area contributed by atoms with Crippen LogP contribution in [0.25, 0.3) is 0 Å². The van der Waals surface area contributed by atoms with Crippen molar-refractivity contribution >= 4 is 5.91 Å². The molecule has 0 spiro atoms. The van der Waals surface area contributed by atoms with Crippen LogP contribution in [0.15, 0.2) is 0 Å². The van der Waals surface area contributed by atoms with Gasteiger partial charge in [0.1, 0.15) is 24.3 Å². The Labute approximate surface area is 272 Å². The average molecular weight is 647 g/mol. The SMILES string of the molecule is CCCCCCCCC(C(O)COCCN(CCOCC(O)C(CCCCCCCC)[NH+](C)C)C(C)=O)[NH+](C)C.[Cl-].[Cl-]. The number of quaternary nitrogens is 2. The highest BCUT2D eigenvalue weighted by Gasteiger charge is 2.26. The molecule has 42 heavy (non-hydrogen) atoms. The number of aliphatic hydroxyl groups excluding tert-OH is 2. The third kappa shape index (κ3) is 24.2. The van der Waals surface area contributed by atoms with Crippen LogP contribution in [0.2, 0.25) is 0 Å². The van der Waals surface area contributed by atoms with Gasteiger partial charge in [-0.2, -0.15) is 0 Å². The van der Waals surface area contributed by atoms with Gasteiger partial charge in [-0.25, -0.2) is 0 Å². The Bertz CT molecular complexity index is 548. The summed E-state index contributed by atoms with van der Waals surface area (Å²) >= 11 is 0. The Morgan fingerprint density at radius 3 is 1.29 bits per heavy atom. The highest BCUT2D eigenvalue weighted by Crippen LogP contribution is 2.11. The lowest BCUT2D eigenvalue weighted by Gasteiger charge is -2.27. The zero-order chi connectivity index (χ0) is 30.2. The number of carbonyl (C=O) groups is 1. The number of rotatable bonds is 28. The highest BCUT2D eigenvalue weighted by atomic mass is 35.5. The quantitative estimate of drug-likeness (QED) is 0.0655. The first-order chi connectivity index (χ1) is 19.1. The van der Waals surface area contributed by atoms with Gasteiger partial charge >= 0.3 is 0 Å². The molecule has 4 unspecified atom stereocenters. The number of nitrogens with zero attached hydrogens (tertiary/aromatic N) is 1. The molecule has 0 saturated carbocycles. The van der Waals surface area contributed by atoms with E-state index in [4.69, 9.17) is 9.47 Å². The summed E-state index contributed by atoms with van der Waals surface area (Å²) in [5, 5.41) is 21.5. The second-order valence-corrected chi connectivity index (χ2v) is 12.3. The molecule has 0 aromatic heterocycles. The molecule has 0 rings (SSSR count). The average Bonchev–Trinajstić information content (AvgIpc) is 2.90. The lowest BCUT2D eigenvalue weighted by molar-refractivity contribution is -0.890. The minimum atomic E-state index is -0.514. The first kappa shape index (κ1) is 46.2. The maximum atomic E-state index is 12.1. The molecule has 0 radical (unpaired) electrons. The maximum Gasteiger partial charge on any atom is 0.219 e. The van der Waals surface area contributed by atoms with Crippen LogP contribution in [0.5, 0.6) is 0 Å². The Balaban J connectivity index is -0.00000760. The summed E-state index contributed by atoms with van der Waals surface area (Å²) in [5.74, 6) is -0.0225. The van der Waals surface area contributed by atoms with Gasteiger partial charge in [0.25, 0.3) is 0 Å². The van der Waals surface area contributed by atoms with Gasteiger partial charge in [0.15, 0.2) is 0 Å². The van der Waals surface area contributed by atoms with Crippen molar-refractivity contribution in [1.29, 1.82) is 0 Å². The van der Waals surface area contributed by atoms with Gasteiger partial charge in [-0.05, 0) is 12.8 Å². The second kappa shape index (κ2) is 30.8. The molecule has 0 saturated heterocycles. The third-order valence-electron chi connectivity index (χ3n) is 8.18. The van der Waals surface area contributed by atoms with E-state index in [1.807, 2.05) is 0 Å². The van der Waals surface area contributed by atoms with Gasteiger partial charge < -0.3 is 59.2 Å². The van der Waals surface area contributed by atoms with Crippen molar-refractivity contribution in [2.75, 3.05) is 67.7 Å². The number of hydrogen-bond donors (Lipinski definition) is 4. The van der Waals surface area contributed by atoms with Crippen molar-refractivity contribution in [3.8, 4) is 0 Å². The van der Waals surface area contributed by atoms with Gasteiger partial charge in [0, 0.05) is 32.9 Å². The fraction of sp³-hybridized carbons (Fsp3) is 0.969. The number of hydrogen-bond acceptors (Lipinski definition) is 5. The molecule has 0 aliphatic carbocycles. The molecule has 8 nitrogen and oxygen atoms in total. The second-order valence-electron chi connectivity index (χ2n) is 12.3. The number of halogens is 2. The van der Waals surface area contributed by atoms with E-state index in [2.05, 4.69) is 42.0 Å². The van der Waals surface area contributed by atoms with Gasteiger partial charge in [0.2, 0.25) is 5.91 Å². The predicted octanol–water partition coefficient (Wildman–Crippen LogP) is -3.87. The van der Waals surface area contributed by atoms with Crippen molar-refractivity contribution in [3.63, 3.8) is 0 Å². The molecule has 0 aromatic carbocycles. The van der Waals surface area contributed by atoms with Gasteiger partial charge in [-0.15, -0.1) is 0 Å². The Kier molecular flexibility index (Phi) is 33.9. The van der Waals surface area contributed by atoms with E-state index >= 15 is 0 Å². The minimum Gasteiger partial charge on any atom is -1.00 e. The Morgan fingerprint density at radius 2 is 0.976 bits per heavy atom. The predicted molar refractivity (Wildman–Crippen MR) is 165 cm³/mol. The van der Waals surface area contributed by atoms with Crippen molar-refractivity contribution in [1.82, 2.24) is 4.90 Å². The van der Waals surface area contributed by atoms with Crippen LogP contribution in [0.3, 0.4) is 0 Å². The molecular weight excluding hydrogens is 577 g/mol. The van der Waals surface area contributed by atoms with Crippen LogP contribution >= 0.6 is 0 Å². The van der Waals surface area contributed by atoms with Crippen molar-refractivity contribution < 1.29 is 59.1 Å². The molecule has 0 aromatic rings. The number of ether oxygens (including phenoxy) is 2. The molecule has 256 valence electrons. The number of unbranched alkanes of at least 4 members (excludes halogenated alkanes) is 10. The summed E-state index contributed by atoms with van der Waals surface area (Å²) < 4.78 is 11.6. The zero-order valence-corrected chi connectivity index (χ0v) is 29.8. The summed E-state index contributed by atoms with van der Waals surface area (Å²) in [6.45, 7) is 8.29. The molecule has 1 amide bonds. The van der Waals surface area contributed by atoms with Crippen LogP contribution in [0.4, 0.5) is 0 Å². The Hall–Kier alpha value is -0.190. The van der Waals surface area contributed by atoms with E-state index in [1.54, 1.807) is 11.8 Å². The van der Waals surface area contributed by atoms with Crippen LogP contribution in [-0.4, -0.2) is 113 Å². The van der Waals surface area contributed by atoms with Gasteiger partial charge in [-0.1, -0.05) is 78.1 Å². The summed E-state index contributed by atoms with van der Waals surface area (Å²) in [6, 6.07) is 0.313. The third-order valence-corrected chi connectivity index (χ3v) is 8.18. The number of nitrogens with one attached hydrogen (secondary N) is 2. The summed E-state index contributed by atoms with van der Waals surface area (Å²) in [6.07, 6.45) is 16.0. The van der Waals surface area contributed by atoms with E-state index in [1.165, 1.54) is 74.0 Å². The standard InChI is InChI=1S/C32H67N3O5.2ClH/c1-8-10-12-14-16-18-20-29(33(4)5)31(37)26-39-24-22-35(28(3)36)23-25-40-27-32(38)30(34(6)7)21-19-17-15-13-11-9-2;;/h29-32,37-38H,8-27H2,1-7H3;2*1H. The summed E-state index contributed by atoms with van der Waals surface area (Å²) in [4.78, 5) is 16.3. The first-order valence-corrected chi connectivity index (χ1v) is 16.5. The molecule has 0 fully saturated rings. The monoisotopic (exact) mass is 645 g/mol. The molecule has 0 bridgehead atoms. The van der Waals surface area contributed by atoms with E-state index in [-0.39, 0.29) is 56.0 Å². The van der Waals surface area contributed by atoms with Gasteiger partial charge in [-0.3, -0.25) is 4.79 Å². The van der Waals surface area contributed by atoms with Crippen LogP contribution in [0.1, 0.15) is 111 Å². The van der Waals surface area contributed by atoms with Crippen LogP contribution < -0.4 is 34.6 Å². The van der Waals surface area contributed by atoms with E-state index in [9.17, 15) is 15.0 Å². The largest absolute Gasteiger partial charge is 1.00 e. The molecule has 4 N–H and O–H groups in total. The summed E-state index contributed by atoms with van der Waals surface area (Å²) in [7, 11) is 8.37. The van der Waals surface area contributed by atoms with Crippen molar-refractivity contribution in [3.05, 3.63) is 0 Å². The first-order valence-electron chi connectivity index (χ1n) is 16.5. The van der Waals surface area contributed by atoms with Crippen molar-refractivity contribution in [2.45, 2.75) is 135 Å². The molecule has 10 heteroatoms. The summed E-state index contributed by atoms with van der Waals surface area (Å²) in [5.41, 5.74) is 0. The number of carbonyl (C=O) groups excluding carboxylic acids is 1. The zero-order valence-electron chi connectivity index (χ0n) is 28.3. The van der Waals surface area contributed by atoms with E-state index in [0.717, 1.165) is 25.7 Å². The molecule has 0 aliphatic rings. The molecule has 0 heterocycles. The van der Waals surface area contributed by atoms with E-state index in [0.29, 0.717) is 26.3 Å². The number of amides is 1. The number of aliphatic hydroxyl groups is 2. The lowest BCUT2D eigenvalue weighted by atomic mass is 10.0. The fourth-order valence-electron chi connectivity index (χ4n) is 5.44. The highest BCUT2D eigenvalue weighted by molar-refractivity contribution is 5.73. The molecule has 4 atom stereocenters. The van der Waals surface area contributed by atoms with E-state index < -0.39 is 12.2 Å². The maximum absolute atomic E-state index is 12.1. The van der Waals surface area contributed by atoms with Crippen LogP contribution in [0, 0.1) is 0 Å². The topological polar surface area (TPSA) is 88.1 Å². The normalized spacial score (nSPS) is 14.3. The molecular formula is C32H69Cl2N3O5. The van der Waals surface area contributed by atoms with Crippen LogP contribution in [-0.2, 0) is 14.3 Å². The Morgan fingerprint density at radius 1 is 0.643 bits per heavy atom. The number of likely N-dealkylation sites (N-methyl/N-ethyl adjacent to an activating group) is 2. The van der Waals surface area contributed by atoms with Crippen molar-refractivity contribution in [2.24, 2.45) is 0 Å². The lowest BCUT2D eigenvalue weighted by Crippen LogP contribution is -3.11. The van der Waals surface area contributed by atoms with Gasteiger partial charge in [0.05, 0.1) is 54.6 Å². The minimum absolute atomic E-state index is 0.